The van der Waals surface area contributed by atoms with Gasteiger partial charge >= 0.3 is 0 Å². The summed E-state index contributed by atoms with van der Waals surface area (Å²) in [6.07, 6.45) is 0.580. The highest BCUT2D eigenvalue weighted by molar-refractivity contribution is 7.99. The van der Waals surface area contributed by atoms with Crippen molar-refractivity contribution in [2.24, 2.45) is 0 Å². The van der Waals surface area contributed by atoms with Crippen LogP contribution in [-0.4, -0.2) is 25.3 Å². The number of thioether (sulfide) groups is 1. The van der Waals surface area contributed by atoms with Gasteiger partial charge in [0.25, 0.3) is 11.3 Å². The minimum absolute atomic E-state index is 0.0724. The van der Waals surface area contributed by atoms with E-state index in [9.17, 15) is 4.79 Å². The predicted octanol–water partition coefficient (Wildman–Crippen LogP) is 2.43. The summed E-state index contributed by atoms with van der Waals surface area (Å²) < 4.78 is 1.43. The van der Waals surface area contributed by atoms with Gasteiger partial charge in [0.15, 0.2) is 5.16 Å². The molecule has 0 aliphatic carbocycles. The molecule has 21 heavy (non-hydrogen) atoms. The first-order valence-corrected chi connectivity index (χ1v) is 7.82. The first kappa shape index (κ1) is 13.9. The van der Waals surface area contributed by atoms with Gasteiger partial charge in [0.05, 0.1) is 5.69 Å². The number of nitrogens with one attached hydrogen (secondary N) is 1. The molecule has 1 N–H and O–H groups in total. The SMILES string of the molecule is CCSc1nc2nc(C)c(Cc3ccccc3)c(=O)n2[nH]1. The molecule has 0 fully saturated rings. The highest BCUT2D eigenvalue weighted by atomic mass is 32.2. The zero-order valence-electron chi connectivity index (χ0n) is 12.0. The lowest BCUT2D eigenvalue weighted by Gasteiger charge is -2.04. The molecule has 0 unspecified atom stereocenters. The van der Waals surface area contributed by atoms with Gasteiger partial charge in [0, 0.05) is 12.0 Å². The van der Waals surface area contributed by atoms with Gasteiger partial charge in [-0.2, -0.15) is 9.50 Å². The van der Waals surface area contributed by atoms with Crippen LogP contribution in [0.1, 0.15) is 23.7 Å². The number of fused-ring (bicyclic) bond motifs is 1. The number of rotatable bonds is 4. The first-order valence-electron chi connectivity index (χ1n) is 6.84. The van der Waals surface area contributed by atoms with Crippen molar-refractivity contribution in [2.75, 3.05) is 5.75 Å². The second-order valence-electron chi connectivity index (χ2n) is 4.74. The molecule has 3 aromatic rings. The quantitative estimate of drug-likeness (QED) is 0.752. The molecule has 1 aromatic carbocycles. The Morgan fingerprint density at radius 2 is 2.00 bits per heavy atom. The Hall–Kier alpha value is -2.08. The van der Waals surface area contributed by atoms with E-state index in [1.165, 1.54) is 4.52 Å². The van der Waals surface area contributed by atoms with Crippen LogP contribution in [0, 0.1) is 6.92 Å². The van der Waals surface area contributed by atoms with Gasteiger partial charge in [-0.3, -0.25) is 9.89 Å². The molecule has 0 amide bonds. The lowest BCUT2D eigenvalue weighted by Crippen LogP contribution is -2.22. The van der Waals surface area contributed by atoms with Crippen molar-refractivity contribution in [3.63, 3.8) is 0 Å². The van der Waals surface area contributed by atoms with E-state index in [1.807, 2.05) is 44.2 Å². The first-order chi connectivity index (χ1) is 10.2. The van der Waals surface area contributed by atoms with Crippen molar-refractivity contribution in [1.82, 2.24) is 19.6 Å². The van der Waals surface area contributed by atoms with E-state index in [2.05, 4.69) is 15.1 Å². The predicted molar refractivity (Wildman–Crippen MR) is 84.0 cm³/mol. The van der Waals surface area contributed by atoms with Crippen molar-refractivity contribution in [1.29, 1.82) is 0 Å². The van der Waals surface area contributed by atoms with Crippen LogP contribution in [0.5, 0.6) is 0 Å². The van der Waals surface area contributed by atoms with Crippen molar-refractivity contribution >= 4 is 17.5 Å². The monoisotopic (exact) mass is 300 g/mol. The van der Waals surface area contributed by atoms with Crippen molar-refractivity contribution in [2.45, 2.75) is 25.4 Å². The molecule has 0 radical (unpaired) electrons. The number of aryl methyl sites for hydroxylation is 1. The van der Waals surface area contributed by atoms with Gasteiger partial charge in [0.2, 0.25) is 0 Å². The van der Waals surface area contributed by atoms with Crippen LogP contribution in [0.15, 0.2) is 40.3 Å². The summed E-state index contributed by atoms with van der Waals surface area (Å²) in [6, 6.07) is 9.94. The van der Waals surface area contributed by atoms with E-state index in [4.69, 9.17) is 0 Å². The average molecular weight is 300 g/mol. The fourth-order valence-corrected chi connectivity index (χ4v) is 2.82. The second kappa shape index (κ2) is 5.73. The maximum atomic E-state index is 12.6. The van der Waals surface area contributed by atoms with Crippen LogP contribution in [-0.2, 0) is 6.42 Å². The van der Waals surface area contributed by atoms with E-state index >= 15 is 0 Å². The summed E-state index contributed by atoms with van der Waals surface area (Å²) in [6.45, 7) is 3.90. The fourth-order valence-electron chi connectivity index (χ4n) is 2.24. The molecule has 0 aliphatic rings. The largest absolute Gasteiger partial charge is 0.277 e. The van der Waals surface area contributed by atoms with E-state index in [0.717, 1.165) is 22.2 Å². The lowest BCUT2D eigenvalue weighted by atomic mass is 10.1. The van der Waals surface area contributed by atoms with Gasteiger partial charge in [-0.1, -0.05) is 49.0 Å². The highest BCUT2D eigenvalue weighted by Crippen LogP contribution is 2.14. The zero-order valence-corrected chi connectivity index (χ0v) is 12.8. The molecule has 2 heterocycles. The summed E-state index contributed by atoms with van der Waals surface area (Å²) in [5.41, 5.74) is 2.47. The van der Waals surface area contributed by atoms with Gasteiger partial charge in [-0.15, -0.1) is 0 Å². The van der Waals surface area contributed by atoms with Crippen LogP contribution in [0.4, 0.5) is 0 Å². The standard InChI is InChI=1S/C15H16N4OS/c1-3-21-15-17-14-16-10(2)12(13(20)19(14)18-15)9-11-7-5-4-6-8-11/h4-8H,3,9H2,1-2H3,(H,16,17,18). The third-order valence-electron chi connectivity index (χ3n) is 3.28. The number of nitrogens with zero attached hydrogens (tertiary/aromatic N) is 3. The Kier molecular flexibility index (Phi) is 3.79. The third-order valence-corrected chi connectivity index (χ3v) is 4.02. The molecule has 0 saturated heterocycles. The topological polar surface area (TPSA) is 63.1 Å². The third kappa shape index (κ3) is 2.71. The van der Waals surface area contributed by atoms with Crippen LogP contribution in [0.2, 0.25) is 0 Å². The van der Waals surface area contributed by atoms with Gasteiger partial charge < -0.3 is 0 Å². The Morgan fingerprint density at radius 1 is 1.24 bits per heavy atom. The van der Waals surface area contributed by atoms with Crippen molar-refractivity contribution < 1.29 is 0 Å². The van der Waals surface area contributed by atoms with Gasteiger partial charge in [-0.05, 0) is 18.2 Å². The van der Waals surface area contributed by atoms with Crippen LogP contribution < -0.4 is 5.56 Å². The number of hydrogen-bond donors (Lipinski definition) is 1. The Balaban J connectivity index is 2.08. The summed E-state index contributed by atoms with van der Waals surface area (Å²) >= 11 is 1.56. The maximum Gasteiger partial charge on any atom is 0.277 e. The minimum atomic E-state index is -0.0724. The van der Waals surface area contributed by atoms with E-state index in [-0.39, 0.29) is 5.56 Å². The molecule has 0 spiro atoms. The highest BCUT2D eigenvalue weighted by Gasteiger charge is 2.13. The molecule has 3 rings (SSSR count). The van der Waals surface area contributed by atoms with Gasteiger partial charge in [0.1, 0.15) is 0 Å². The number of aromatic amines is 1. The summed E-state index contributed by atoms with van der Waals surface area (Å²) in [5.74, 6) is 1.33. The maximum absolute atomic E-state index is 12.6. The number of H-pyrrole nitrogens is 1. The van der Waals surface area contributed by atoms with Crippen LogP contribution >= 0.6 is 11.8 Å². The van der Waals surface area contributed by atoms with E-state index in [1.54, 1.807) is 11.8 Å². The Morgan fingerprint density at radius 3 is 2.71 bits per heavy atom. The molecule has 108 valence electrons. The molecule has 6 heteroatoms. The van der Waals surface area contributed by atoms with Crippen molar-refractivity contribution in [3.05, 3.63) is 57.5 Å². The number of benzene rings is 1. The van der Waals surface area contributed by atoms with Crippen LogP contribution in [0.3, 0.4) is 0 Å². The summed E-state index contributed by atoms with van der Waals surface area (Å²) in [5, 5.41) is 3.73. The molecule has 5 nitrogen and oxygen atoms in total. The molecule has 0 bridgehead atoms. The summed E-state index contributed by atoms with van der Waals surface area (Å²) in [7, 11) is 0. The van der Waals surface area contributed by atoms with Gasteiger partial charge in [-0.25, -0.2) is 4.98 Å². The lowest BCUT2D eigenvalue weighted by molar-refractivity contribution is 0.826. The van der Waals surface area contributed by atoms with E-state index < -0.39 is 0 Å². The minimum Gasteiger partial charge on any atom is -0.267 e. The molecule has 2 aromatic heterocycles. The molecule has 0 aliphatic heterocycles. The number of aromatic nitrogens is 4. The normalized spacial score (nSPS) is 11.1. The second-order valence-corrected chi connectivity index (χ2v) is 5.99. The average Bonchev–Trinajstić information content (AvgIpc) is 2.88. The summed E-state index contributed by atoms with van der Waals surface area (Å²) in [4.78, 5) is 21.4. The Labute approximate surface area is 126 Å². The Bertz CT molecular complexity index is 823. The molecule has 0 atom stereocenters. The van der Waals surface area contributed by atoms with Crippen LogP contribution in [0.25, 0.3) is 5.78 Å². The molecule has 0 saturated carbocycles. The smallest absolute Gasteiger partial charge is 0.267 e. The van der Waals surface area contributed by atoms with Crippen molar-refractivity contribution in [3.8, 4) is 0 Å². The molecular weight excluding hydrogens is 284 g/mol. The molecular formula is C15H16N4OS. The zero-order chi connectivity index (χ0) is 14.8. The fraction of sp³-hybridized carbons (Fsp3) is 0.267. The van der Waals surface area contributed by atoms with E-state index in [0.29, 0.717) is 17.8 Å². The number of hydrogen-bond acceptors (Lipinski definition) is 4.